The van der Waals surface area contributed by atoms with E-state index in [9.17, 15) is 14.7 Å². The first-order valence-electron chi connectivity index (χ1n) is 6.77. The molecule has 3 N–H and O–H groups in total. The number of hydrogen-bond donors (Lipinski definition) is 2. The zero-order valence-electron chi connectivity index (χ0n) is 11.5. The van der Waals surface area contributed by atoms with Crippen molar-refractivity contribution in [3.63, 3.8) is 0 Å². The van der Waals surface area contributed by atoms with E-state index in [0.29, 0.717) is 26.0 Å². The van der Waals surface area contributed by atoms with Crippen LogP contribution < -0.4 is 5.73 Å². The highest BCUT2D eigenvalue weighted by Gasteiger charge is 2.55. The van der Waals surface area contributed by atoms with Gasteiger partial charge in [-0.15, -0.1) is 0 Å². The summed E-state index contributed by atoms with van der Waals surface area (Å²) in [6.45, 7) is 4.69. The average molecular weight is 270 g/mol. The molecule has 6 heteroatoms. The van der Waals surface area contributed by atoms with Gasteiger partial charge in [0.05, 0.1) is 18.6 Å². The molecule has 0 radical (unpaired) electrons. The topological polar surface area (TPSA) is 92.9 Å². The molecule has 2 saturated heterocycles. The number of rotatable bonds is 3. The fourth-order valence-corrected chi connectivity index (χ4v) is 3.13. The largest absolute Gasteiger partial charge is 0.479 e. The van der Waals surface area contributed by atoms with E-state index >= 15 is 0 Å². The maximum Gasteiger partial charge on any atom is 0.329 e. The van der Waals surface area contributed by atoms with Crippen LogP contribution in [0.25, 0.3) is 0 Å². The van der Waals surface area contributed by atoms with Crippen molar-refractivity contribution >= 4 is 11.9 Å². The third kappa shape index (κ3) is 1.94. The summed E-state index contributed by atoms with van der Waals surface area (Å²) in [5, 5.41) is 9.52. The van der Waals surface area contributed by atoms with Crippen molar-refractivity contribution in [3.8, 4) is 0 Å². The minimum Gasteiger partial charge on any atom is -0.479 e. The summed E-state index contributed by atoms with van der Waals surface area (Å²) in [7, 11) is 0. The van der Waals surface area contributed by atoms with Crippen LogP contribution in [0.2, 0.25) is 0 Å². The van der Waals surface area contributed by atoms with Crippen LogP contribution in [-0.4, -0.2) is 53.2 Å². The van der Waals surface area contributed by atoms with Crippen molar-refractivity contribution in [3.05, 3.63) is 0 Å². The lowest BCUT2D eigenvalue weighted by Crippen LogP contribution is -2.59. The van der Waals surface area contributed by atoms with E-state index in [1.54, 1.807) is 6.92 Å². The van der Waals surface area contributed by atoms with Crippen molar-refractivity contribution in [2.45, 2.75) is 44.7 Å². The number of nitrogens with two attached hydrogens (primary N) is 1. The summed E-state index contributed by atoms with van der Waals surface area (Å²) in [5.74, 6) is -1.10. The van der Waals surface area contributed by atoms with Crippen LogP contribution >= 0.6 is 0 Å². The molecule has 2 heterocycles. The molecule has 0 aromatic rings. The third-order valence-electron chi connectivity index (χ3n) is 4.72. The van der Waals surface area contributed by atoms with Crippen molar-refractivity contribution in [1.29, 1.82) is 0 Å². The number of ether oxygens (including phenoxy) is 1. The Morgan fingerprint density at radius 1 is 1.53 bits per heavy atom. The second kappa shape index (κ2) is 4.76. The monoisotopic (exact) mass is 270 g/mol. The Balaban J connectivity index is 2.30. The second-order valence-electron chi connectivity index (χ2n) is 5.79. The van der Waals surface area contributed by atoms with Crippen LogP contribution in [-0.2, 0) is 14.3 Å². The van der Waals surface area contributed by atoms with Crippen LogP contribution in [0.4, 0.5) is 0 Å². The summed E-state index contributed by atoms with van der Waals surface area (Å²) in [6, 6.07) is -0.371. The molecule has 2 aliphatic heterocycles. The van der Waals surface area contributed by atoms with Gasteiger partial charge in [0.25, 0.3) is 0 Å². The molecule has 3 unspecified atom stereocenters. The predicted octanol–water partition coefficient (Wildman–Crippen LogP) is 0.206. The summed E-state index contributed by atoms with van der Waals surface area (Å²) in [6.07, 6.45) is 1.65. The van der Waals surface area contributed by atoms with E-state index < -0.39 is 16.9 Å². The van der Waals surface area contributed by atoms with Gasteiger partial charge in [0.1, 0.15) is 5.54 Å². The maximum absolute atomic E-state index is 12.8. The van der Waals surface area contributed by atoms with Crippen LogP contribution in [0.5, 0.6) is 0 Å². The van der Waals surface area contributed by atoms with Gasteiger partial charge < -0.3 is 20.5 Å². The van der Waals surface area contributed by atoms with E-state index in [0.717, 1.165) is 6.42 Å². The molecule has 0 aliphatic carbocycles. The molecule has 19 heavy (non-hydrogen) atoms. The Morgan fingerprint density at radius 3 is 2.68 bits per heavy atom. The fraction of sp³-hybridized carbons (Fsp3) is 0.846. The molecule has 108 valence electrons. The van der Waals surface area contributed by atoms with Crippen molar-refractivity contribution in [2.24, 2.45) is 11.1 Å². The van der Waals surface area contributed by atoms with Crippen LogP contribution in [0.1, 0.15) is 33.1 Å². The van der Waals surface area contributed by atoms with E-state index in [2.05, 4.69) is 0 Å². The van der Waals surface area contributed by atoms with E-state index in [1.807, 2.05) is 6.92 Å². The Bertz CT molecular complexity index is 400. The molecule has 2 rings (SSSR count). The van der Waals surface area contributed by atoms with Crippen molar-refractivity contribution < 1.29 is 19.4 Å². The Kier molecular flexibility index (Phi) is 3.57. The van der Waals surface area contributed by atoms with Gasteiger partial charge in [-0.1, -0.05) is 6.92 Å². The van der Waals surface area contributed by atoms with Gasteiger partial charge in [-0.05, 0) is 26.2 Å². The van der Waals surface area contributed by atoms with Gasteiger partial charge in [-0.25, -0.2) is 4.79 Å². The normalized spacial score (nSPS) is 38.7. The first-order chi connectivity index (χ1) is 8.88. The summed E-state index contributed by atoms with van der Waals surface area (Å²) >= 11 is 0. The number of nitrogens with zero attached hydrogens (tertiary/aromatic N) is 1. The van der Waals surface area contributed by atoms with Gasteiger partial charge in [0, 0.05) is 12.6 Å². The van der Waals surface area contributed by atoms with Gasteiger partial charge >= 0.3 is 5.97 Å². The number of carbonyl (C=O) groups excluding carboxylic acids is 1. The Morgan fingerprint density at radius 2 is 2.21 bits per heavy atom. The highest BCUT2D eigenvalue weighted by Crippen LogP contribution is 2.38. The summed E-state index contributed by atoms with van der Waals surface area (Å²) < 4.78 is 5.30. The summed E-state index contributed by atoms with van der Waals surface area (Å²) in [5.41, 5.74) is 4.10. The molecule has 2 aliphatic rings. The van der Waals surface area contributed by atoms with Crippen LogP contribution in [0.3, 0.4) is 0 Å². The van der Waals surface area contributed by atoms with Gasteiger partial charge in [-0.3, -0.25) is 4.79 Å². The highest BCUT2D eigenvalue weighted by molar-refractivity contribution is 5.91. The molecule has 6 nitrogen and oxygen atoms in total. The number of carboxylic acids is 1. The average Bonchev–Trinajstić information content (AvgIpc) is 2.94. The van der Waals surface area contributed by atoms with Gasteiger partial charge in [-0.2, -0.15) is 0 Å². The van der Waals surface area contributed by atoms with Crippen molar-refractivity contribution in [1.82, 2.24) is 4.90 Å². The second-order valence-corrected chi connectivity index (χ2v) is 5.79. The number of carboxylic acid groups (broad SMARTS) is 1. The summed E-state index contributed by atoms with van der Waals surface area (Å²) in [4.78, 5) is 25.9. The van der Waals surface area contributed by atoms with Crippen LogP contribution in [0, 0.1) is 5.41 Å². The molecule has 0 saturated carbocycles. The molecular weight excluding hydrogens is 248 g/mol. The van der Waals surface area contributed by atoms with E-state index in [4.69, 9.17) is 10.5 Å². The molecular formula is C13H22N2O4. The standard InChI is InChI=1S/C13H22N2O4/c1-3-13(11(17)18)5-4-6-15(13)10(16)12(2)8-19-7-9(12)14/h9H,3-8,14H2,1-2H3,(H,17,18). The smallest absolute Gasteiger partial charge is 0.329 e. The number of amides is 1. The first-order valence-corrected chi connectivity index (χ1v) is 6.77. The molecule has 1 amide bonds. The lowest BCUT2D eigenvalue weighted by Gasteiger charge is -2.39. The molecule has 0 aromatic carbocycles. The van der Waals surface area contributed by atoms with Gasteiger partial charge in [0.2, 0.25) is 5.91 Å². The Hall–Kier alpha value is -1.14. The van der Waals surface area contributed by atoms with E-state index in [-0.39, 0.29) is 18.6 Å². The lowest BCUT2D eigenvalue weighted by atomic mass is 9.82. The minimum atomic E-state index is -1.07. The maximum atomic E-state index is 12.8. The predicted molar refractivity (Wildman–Crippen MR) is 68.5 cm³/mol. The molecule has 0 spiro atoms. The minimum absolute atomic E-state index is 0.181. The third-order valence-corrected chi connectivity index (χ3v) is 4.72. The zero-order chi connectivity index (χ0) is 14.3. The number of likely N-dealkylation sites (tertiary alicyclic amines) is 1. The molecule has 0 bridgehead atoms. The highest BCUT2D eigenvalue weighted by atomic mass is 16.5. The number of aliphatic carboxylic acids is 1. The molecule has 2 fully saturated rings. The number of carbonyl (C=O) groups is 2. The molecule has 3 atom stereocenters. The molecule has 0 aromatic heterocycles. The number of hydrogen-bond acceptors (Lipinski definition) is 4. The Labute approximate surface area is 112 Å². The first kappa shape index (κ1) is 14.3. The van der Waals surface area contributed by atoms with Crippen LogP contribution in [0.15, 0.2) is 0 Å². The quantitative estimate of drug-likeness (QED) is 0.764. The van der Waals surface area contributed by atoms with E-state index in [1.165, 1.54) is 4.90 Å². The zero-order valence-corrected chi connectivity index (χ0v) is 11.5. The fourth-order valence-electron chi connectivity index (χ4n) is 3.13. The van der Waals surface area contributed by atoms with Gasteiger partial charge in [0.15, 0.2) is 0 Å². The van der Waals surface area contributed by atoms with Crippen molar-refractivity contribution in [2.75, 3.05) is 19.8 Å². The SMILES string of the molecule is CCC1(C(=O)O)CCCN1C(=O)C1(C)COCC1N. The lowest BCUT2D eigenvalue weighted by molar-refractivity contribution is -0.161.